The minimum atomic E-state index is 0. The molecule has 0 aliphatic carbocycles. The molecule has 0 aromatic rings. The molecule has 0 atom stereocenters. The lowest BCUT2D eigenvalue weighted by atomic mass is 10.1. The van der Waals surface area contributed by atoms with Gasteiger partial charge in [-0.05, 0) is 38.5 Å². The van der Waals surface area contributed by atoms with Gasteiger partial charge in [-0.1, -0.05) is 78.1 Å². The molecular formula is C26H58Br2N2O. The Kier molecular flexibility index (Phi) is 28.2. The number of hydrogen-bond donors (Lipinski definition) is 0. The maximum Gasteiger partial charge on any atom is 0.108 e. The molecule has 0 heterocycles. The van der Waals surface area contributed by atoms with Gasteiger partial charge < -0.3 is 38.4 Å². The highest BCUT2D eigenvalue weighted by molar-refractivity contribution is 4.47. The minimum absolute atomic E-state index is 0. The smallest absolute Gasteiger partial charge is 0.108 e. The Balaban J connectivity index is -0.00000392. The highest BCUT2D eigenvalue weighted by Crippen LogP contribution is 2.12. The normalized spacial score (nSPS) is 11.8. The van der Waals surface area contributed by atoms with Gasteiger partial charge in [-0.2, -0.15) is 4.65 Å². The first-order chi connectivity index (χ1) is 13.8. The first-order valence-corrected chi connectivity index (χ1v) is 13.1. The number of quaternary nitrogens is 2. The fourth-order valence-electron chi connectivity index (χ4n) is 4.08. The summed E-state index contributed by atoms with van der Waals surface area (Å²) >= 11 is 0. The van der Waals surface area contributed by atoms with Gasteiger partial charge in [0.2, 0.25) is 0 Å². The standard InChI is InChI=1S/C26H58N2O.2BrH/c1-7-9-11-13-15-17-19-23-27(3,4)24-21-22-26-29-28(5,6)25-20-18-16-14-12-10-8-2;;/h7-26H2,1-6H3;2*1H/q+2;;/p-2. The Labute approximate surface area is 218 Å². The van der Waals surface area contributed by atoms with Crippen LogP contribution in [0.25, 0.3) is 0 Å². The van der Waals surface area contributed by atoms with Crippen LogP contribution in [-0.2, 0) is 4.84 Å². The Bertz CT molecular complexity index is 320. The molecule has 0 saturated carbocycles. The third kappa shape index (κ3) is 27.0. The Morgan fingerprint density at radius 3 is 1.26 bits per heavy atom. The summed E-state index contributed by atoms with van der Waals surface area (Å²) in [5.74, 6) is 0. The third-order valence-corrected chi connectivity index (χ3v) is 6.27. The Hall–Kier alpha value is 0.840. The van der Waals surface area contributed by atoms with Crippen LogP contribution in [0.2, 0.25) is 0 Å². The number of rotatable bonds is 22. The summed E-state index contributed by atoms with van der Waals surface area (Å²) in [4.78, 5) is 6.17. The summed E-state index contributed by atoms with van der Waals surface area (Å²) in [6, 6.07) is 0. The Morgan fingerprint density at radius 2 is 0.806 bits per heavy atom. The van der Waals surface area contributed by atoms with E-state index in [1.807, 2.05) is 0 Å². The molecule has 0 unspecified atom stereocenters. The largest absolute Gasteiger partial charge is 1.00 e. The van der Waals surface area contributed by atoms with E-state index in [9.17, 15) is 0 Å². The zero-order chi connectivity index (χ0) is 21.8. The van der Waals surface area contributed by atoms with Crippen molar-refractivity contribution in [1.29, 1.82) is 0 Å². The molecule has 0 aliphatic rings. The molecule has 0 bridgehead atoms. The summed E-state index contributed by atoms with van der Waals surface area (Å²) in [5.41, 5.74) is 0. The minimum Gasteiger partial charge on any atom is -1.00 e. The fourth-order valence-corrected chi connectivity index (χ4v) is 4.08. The predicted octanol–water partition coefficient (Wildman–Crippen LogP) is 1.36. The van der Waals surface area contributed by atoms with Gasteiger partial charge >= 0.3 is 0 Å². The van der Waals surface area contributed by atoms with Crippen LogP contribution >= 0.6 is 0 Å². The second-order valence-corrected chi connectivity index (χ2v) is 10.5. The average molecular weight is 575 g/mol. The SMILES string of the molecule is CCCCCCCCC[N+](C)(C)CCCCO[N+](C)(C)CCCCCCCCC.[Br-].[Br-]. The number of nitrogens with zero attached hydrogens (tertiary/aromatic N) is 2. The molecule has 0 aliphatic heterocycles. The maximum absolute atomic E-state index is 6.17. The van der Waals surface area contributed by atoms with Gasteiger partial charge in [0.05, 0.1) is 41.3 Å². The van der Waals surface area contributed by atoms with Gasteiger partial charge in [0, 0.05) is 0 Å². The summed E-state index contributed by atoms with van der Waals surface area (Å²) in [6.45, 7) is 9.24. The van der Waals surface area contributed by atoms with E-state index in [0.717, 1.165) is 17.8 Å². The summed E-state index contributed by atoms with van der Waals surface area (Å²) < 4.78 is 1.90. The molecule has 0 fully saturated rings. The van der Waals surface area contributed by atoms with E-state index in [0.29, 0.717) is 0 Å². The molecule has 0 saturated heterocycles. The monoisotopic (exact) mass is 572 g/mol. The predicted molar refractivity (Wildman–Crippen MR) is 130 cm³/mol. The molecule has 0 N–H and O–H groups in total. The van der Waals surface area contributed by atoms with Crippen molar-refractivity contribution in [2.45, 2.75) is 117 Å². The van der Waals surface area contributed by atoms with Crippen LogP contribution in [0.3, 0.4) is 0 Å². The van der Waals surface area contributed by atoms with Crippen molar-refractivity contribution >= 4 is 0 Å². The van der Waals surface area contributed by atoms with Crippen molar-refractivity contribution in [3.8, 4) is 0 Å². The van der Waals surface area contributed by atoms with Crippen LogP contribution in [0.1, 0.15) is 117 Å². The van der Waals surface area contributed by atoms with Gasteiger partial charge in [0.1, 0.15) is 13.2 Å². The lowest BCUT2D eigenvalue weighted by molar-refractivity contribution is -1.08. The molecule has 0 spiro atoms. The lowest BCUT2D eigenvalue weighted by Gasteiger charge is -2.30. The van der Waals surface area contributed by atoms with Crippen LogP contribution in [0.4, 0.5) is 0 Å². The van der Waals surface area contributed by atoms with Crippen LogP contribution in [0.15, 0.2) is 0 Å². The van der Waals surface area contributed by atoms with Crippen LogP contribution in [0, 0.1) is 0 Å². The molecular weight excluding hydrogens is 516 g/mol. The quantitative estimate of drug-likeness (QED) is 0.108. The maximum atomic E-state index is 6.17. The van der Waals surface area contributed by atoms with Crippen LogP contribution in [0.5, 0.6) is 0 Å². The zero-order valence-corrected chi connectivity index (χ0v) is 25.4. The van der Waals surface area contributed by atoms with Gasteiger partial charge in [-0.25, -0.2) is 4.84 Å². The van der Waals surface area contributed by atoms with Gasteiger partial charge in [-0.15, -0.1) is 0 Å². The van der Waals surface area contributed by atoms with E-state index in [1.54, 1.807) is 0 Å². The van der Waals surface area contributed by atoms with E-state index in [2.05, 4.69) is 42.0 Å². The van der Waals surface area contributed by atoms with Crippen molar-refractivity contribution in [1.82, 2.24) is 0 Å². The molecule has 0 aromatic carbocycles. The van der Waals surface area contributed by atoms with Crippen LogP contribution in [-0.4, -0.2) is 63.6 Å². The lowest BCUT2D eigenvalue weighted by Crippen LogP contribution is -3.00. The summed E-state index contributed by atoms with van der Waals surface area (Å²) in [6.07, 6.45) is 22.0. The van der Waals surface area contributed by atoms with Crippen molar-refractivity contribution in [2.75, 3.05) is 54.4 Å². The van der Waals surface area contributed by atoms with E-state index < -0.39 is 0 Å². The molecule has 31 heavy (non-hydrogen) atoms. The van der Waals surface area contributed by atoms with E-state index in [4.69, 9.17) is 4.84 Å². The van der Waals surface area contributed by atoms with Crippen molar-refractivity contribution in [2.24, 2.45) is 0 Å². The molecule has 0 aromatic heterocycles. The van der Waals surface area contributed by atoms with Crippen LogP contribution < -0.4 is 34.0 Å². The van der Waals surface area contributed by atoms with E-state index >= 15 is 0 Å². The topological polar surface area (TPSA) is 9.23 Å². The first-order valence-electron chi connectivity index (χ1n) is 13.1. The highest BCUT2D eigenvalue weighted by atomic mass is 79.9. The van der Waals surface area contributed by atoms with Crippen molar-refractivity contribution in [3.05, 3.63) is 0 Å². The highest BCUT2D eigenvalue weighted by Gasteiger charge is 2.17. The fraction of sp³-hybridized carbons (Fsp3) is 1.00. The Morgan fingerprint density at radius 1 is 0.452 bits per heavy atom. The van der Waals surface area contributed by atoms with Crippen molar-refractivity contribution in [3.63, 3.8) is 0 Å². The number of unbranched alkanes of at least 4 members (excludes halogenated alkanes) is 13. The van der Waals surface area contributed by atoms with Gasteiger partial charge in [-0.3, -0.25) is 0 Å². The second-order valence-electron chi connectivity index (χ2n) is 10.5. The average Bonchev–Trinajstić information content (AvgIpc) is 2.66. The molecule has 192 valence electrons. The molecule has 0 radical (unpaired) electrons. The van der Waals surface area contributed by atoms with Gasteiger partial charge in [0.15, 0.2) is 0 Å². The van der Waals surface area contributed by atoms with Crippen molar-refractivity contribution < 1.29 is 47.9 Å². The zero-order valence-electron chi connectivity index (χ0n) is 22.2. The van der Waals surface area contributed by atoms with E-state index in [1.165, 1.54) is 120 Å². The molecule has 0 rings (SSSR count). The second kappa shape index (κ2) is 24.0. The number of hydrogen-bond acceptors (Lipinski definition) is 1. The van der Waals surface area contributed by atoms with Gasteiger partial charge in [0.25, 0.3) is 0 Å². The third-order valence-electron chi connectivity index (χ3n) is 6.27. The molecule has 5 heteroatoms. The molecule has 0 amide bonds. The summed E-state index contributed by atoms with van der Waals surface area (Å²) in [5, 5.41) is 0. The van der Waals surface area contributed by atoms with E-state index in [-0.39, 0.29) is 34.0 Å². The summed E-state index contributed by atoms with van der Waals surface area (Å²) in [7, 11) is 9.24. The number of hydroxylamine groups is 3. The first kappa shape index (κ1) is 36.4. The number of halogens is 2. The molecule has 3 nitrogen and oxygen atoms in total.